The minimum atomic E-state index is 0.525. The zero-order valence-electron chi connectivity index (χ0n) is 8.12. The summed E-state index contributed by atoms with van der Waals surface area (Å²) in [6.07, 6.45) is 7.50. The number of hydrogen-bond acceptors (Lipinski definition) is 2. The van der Waals surface area contributed by atoms with E-state index >= 15 is 0 Å². The zero-order chi connectivity index (χ0) is 9.10. The summed E-state index contributed by atoms with van der Waals surface area (Å²) >= 11 is 0. The van der Waals surface area contributed by atoms with E-state index in [0.717, 1.165) is 12.5 Å². The maximum atomic E-state index is 5.10. The third-order valence-electron chi connectivity index (χ3n) is 3.04. The highest BCUT2D eigenvalue weighted by Crippen LogP contribution is 2.28. The van der Waals surface area contributed by atoms with Gasteiger partial charge in [-0.15, -0.1) is 0 Å². The van der Waals surface area contributed by atoms with E-state index in [0.29, 0.717) is 6.04 Å². The minimum absolute atomic E-state index is 0.525. The Bertz CT molecular complexity index is 243. The summed E-state index contributed by atoms with van der Waals surface area (Å²) in [5, 5.41) is 3.53. The van der Waals surface area contributed by atoms with E-state index in [1.54, 1.807) is 6.26 Å². The molecule has 0 saturated carbocycles. The van der Waals surface area contributed by atoms with Gasteiger partial charge >= 0.3 is 0 Å². The van der Waals surface area contributed by atoms with Crippen LogP contribution in [0.2, 0.25) is 0 Å². The van der Waals surface area contributed by atoms with Gasteiger partial charge in [-0.2, -0.15) is 0 Å². The van der Waals surface area contributed by atoms with Gasteiger partial charge in [-0.3, -0.25) is 0 Å². The van der Waals surface area contributed by atoms with Gasteiger partial charge < -0.3 is 9.73 Å². The van der Waals surface area contributed by atoms with Crippen LogP contribution in [0.4, 0.5) is 0 Å². The van der Waals surface area contributed by atoms with E-state index in [1.807, 2.05) is 6.26 Å². The summed E-state index contributed by atoms with van der Waals surface area (Å²) in [5.74, 6) is 0.890. The summed E-state index contributed by atoms with van der Waals surface area (Å²) in [5.41, 5.74) is 1.30. The Morgan fingerprint density at radius 1 is 1.62 bits per heavy atom. The average molecular weight is 179 g/mol. The summed E-state index contributed by atoms with van der Waals surface area (Å²) in [7, 11) is 0. The first kappa shape index (κ1) is 8.82. The van der Waals surface area contributed by atoms with E-state index < -0.39 is 0 Å². The predicted octanol–water partition coefficient (Wildman–Crippen LogP) is 2.73. The van der Waals surface area contributed by atoms with Crippen molar-refractivity contribution in [2.75, 3.05) is 6.54 Å². The molecule has 72 valence electrons. The number of nitrogens with one attached hydrogen (secondary N) is 1. The van der Waals surface area contributed by atoms with Gasteiger partial charge in [-0.1, -0.05) is 13.3 Å². The Balaban J connectivity index is 2.00. The van der Waals surface area contributed by atoms with Gasteiger partial charge in [0.1, 0.15) is 0 Å². The first-order valence-corrected chi connectivity index (χ1v) is 5.15. The molecule has 1 aromatic rings. The van der Waals surface area contributed by atoms with Gasteiger partial charge in [-0.05, 0) is 31.4 Å². The zero-order valence-corrected chi connectivity index (χ0v) is 8.12. The minimum Gasteiger partial charge on any atom is -0.472 e. The molecular weight excluding hydrogens is 162 g/mol. The van der Waals surface area contributed by atoms with E-state index in [2.05, 4.69) is 18.3 Å². The highest BCUT2D eigenvalue weighted by atomic mass is 16.3. The van der Waals surface area contributed by atoms with Crippen molar-refractivity contribution < 1.29 is 4.42 Å². The second-order valence-corrected chi connectivity index (χ2v) is 3.86. The Labute approximate surface area is 79.3 Å². The molecule has 2 heterocycles. The molecule has 2 heteroatoms. The third-order valence-corrected chi connectivity index (χ3v) is 3.04. The Hall–Kier alpha value is -0.760. The lowest BCUT2D eigenvalue weighted by molar-refractivity contribution is 0.298. The Kier molecular flexibility index (Phi) is 2.69. The van der Waals surface area contributed by atoms with Crippen molar-refractivity contribution in [3.05, 3.63) is 24.2 Å². The van der Waals surface area contributed by atoms with E-state index in [9.17, 15) is 0 Å². The van der Waals surface area contributed by atoms with Crippen molar-refractivity contribution in [2.24, 2.45) is 5.92 Å². The molecule has 1 aliphatic rings. The van der Waals surface area contributed by atoms with Crippen LogP contribution in [0, 0.1) is 5.92 Å². The monoisotopic (exact) mass is 179 g/mol. The highest BCUT2D eigenvalue weighted by molar-refractivity contribution is 5.12. The molecule has 0 spiro atoms. The van der Waals surface area contributed by atoms with Gasteiger partial charge in [0.2, 0.25) is 0 Å². The lowest BCUT2D eigenvalue weighted by atomic mass is 9.88. The van der Waals surface area contributed by atoms with Crippen molar-refractivity contribution in [2.45, 2.75) is 32.2 Å². The van der Waals surface area contributed by atoms with Crippen molar-refractivity contribution >= 4 is 0 Å². The number of furan rings is 1. The summed E-state index contributed by atoms with van der Waals surface area (Å²) in [6.45, 7) is 3.43. The molecule has 2 unspecified atom stereocenters. The van der Waals surface area contributed by atoms with E-state index in [-0.39, 0.29) is 0 Å². The van der Waals surface area contributed by atoms with Crippen LogP contribution in [-0.2, 0) is 0 Å². The van der Waals surface area contributed by atoms with Crippen LogP contribution in [-0.4, -0.2) is 6.54 Å². The van der Waals surface area contributed by atoms with E-state index in [4.69, 9.17) is 4.42 Å². The highest BCUT2D eigenvalue weighted by Gasteiger charge is 2.21. The number of hydrogen-bond donors (Lipinski definition) is 1. The molecule has 13 heavy (non-hydrogen) atoms. The predicted molar refractivity (Wildman–Crippen MR) is 52.5 cm³/mol. The van der Waals surface area contributed by atoms with Crippen molar-refractivity contribution in [3.63, 3.8) is 0 Å². The van der Waals surface area contributed by atoms with Crippen molar-refractivity contribution in [3.8, 4) is 0 Å². The molecule has 0 amide bonds. The SMILES string of the molecule is CCC1CCNC(c2ccoc2)C1. The molecule has 0 aliphatic carbocycles. The molecule has 0 aromatic carbocycles. The van der Waals surface area contributed by atoms with Crippen molar-refractivity contribution in [1.29, 1.82) is 0 Å². The molecule has 1 N–H and O–H groups in total. The van der Waals surface area contributed by atoms with Crippen LogP contribution in [0.5, 0.6) is 0 Å². The topological polar surface area (TPSA) is 25.2 Å². The van der Waals surface area contributed by atoms with Crippen LogP contribution >= 0.6 is 0 Å². The van der Waals surface area contributed by atoms with Crippen LogP contribution in [0.15, 0.2) is 23.0 Å². The summed E-state index contributed by atoms with van der Waals surface area (Å²) in [6, 6.07) is 2.59. The lowest BCUT2D eigenvalue weighted by Gasteiger charge is -2.29. The van der Waals surface area contributed by atoms with Gasteiger partial charge in [0, 0.05) is 11.6 Å². The van der Waals surface area contributed by atoms with Crippen LogP contribution in [0.25, 0.3) is 0 Å². The molecule has 1 aliphatic heterocycles. The van der Waals surface area contributed by atoms with Gasteiger partial charge in [-0.25, -0.2) is 0 Å². The average Bonchev–Trinajstić information content (AvgIpc) is 2.71. The second kappa shape index (κ2) is 3.97. The van der Waals surface area contributed by atoms with Crippen LogP contribution in [0.3, 0.4) is 0 Å². The molecule has 2 nitrogen and oxygen atoms in total. The summed E-state index contributed by atoms with van der Waals surface area (Å²) in [4.78, 5) is 0. The molecule has 1 saturated heterocycles. The fourth-order valence-electron chi connectivity index (χ4n) is 2.09. The lowest BCUT2D eigenvalue weighted by Crippen LogP contribution is -2.31. The quantitative estimate of drug-likeness (QED) is 0.755. The van der Waals surface area contributed by atoms with Crippen molar-refractivity contribution in [1.82, 2.24) is 5.32 Å². The van der Waals surface area contributed by atoms with Crippen LogP contribution in [0.1, 0.15) is 37.8 Å². The maximum Gasteiger partial charge on any atom is 0.0950 e. The smallest absolute Gasteiger partial charge is 0.0950 e. The normalized spacial score (nSPS) is 29.0. The Morgan fingerprint density at radius 3 is 3.23 bits per heavy atom. The maximum absolute atomic E-state index is 5.10. The molecular formula is C11H17NO. The van der Waals surface area contributed by atoms with Gasteiger partial charge in [0.15, 0.2) is 0 Å². The molecule has 1 aromatic heterocycles. The molecule has 0 radical (unpaired) electrons. The van der Waals surface area contributed by atoms with Gasteiger partial charge in [0.05, 0.1) is 12.5 Å². The first-order chi connectivity index (χ1) is 6.40. The number of rotatable bonds is 2. The van der Waals surface area contributed by atoms with Crippen LogP contribution < -0.4 is 5.32 Å². The molecule has 1 fully saturated rings. The summed E-state index contributed by atoms with van der Waals surface area (Å²) < 4.78 is 5.10. The molecule has 2 atom stereocenters. The van der Waals surface area contributed by atoms with E-state index in [1.165, 1.54) is 24.8 Å². The standard InChI is InChI=1S/C11H17NO/c1-2-9-3-5-12-11(7-9)10-4-6-13-8-10/h4,6,8-9,11-12H,2-3,5,7H2,1H3. The number of piperidine rings is 1. The van der Waals surface area contributed by atoms with Gasteiger partial charge in [0.25, 0.3) is 0 Å². The molecule has 0 bridgehead atoms. The second-order valence-electron chi connectivity index (χ2n) is 3.86. The largest absolute Gasteiger partial charge is 0.472 e. The first-order valence-electron chi connectivity index (χ1n) is 5.15. The Morgan fingerprint density at radius 2 is 2.54 bits per heavy atom. The fraction of sp³-hybridized carbons (Fsp3) is 0.636. The third kappa shape index (κ3) is 1.94. The fourth-order valence-corrected chi connectivity index (χ4v) is 2.09. The molecule has 2 rings (SSSR count).